The van der Waals surface area contributed by atoms with E-state index < -0.39 is 0 Å². The van der Waals surface area contributed by atoms with E-state index in [9.17, 15) is 4.79 Å². The van der Waals surface area contributed by atoms with Gasteiger partial charge in [-0.1, -0.05) is 20.8 Å². The summed E-state index contributed by atoms with van der Waals surface area (Å²) in [5.41, 5.74) is 0.356. The number of imidazole rings is 1. The van der Waals surface area contributed by atoms with Gasteiger partial charge < -0.3 is 28.9 Å². The van der Waals surface area contributed by atoms with E-state index in [0.717, 1.165) is 31.8 Å². The highest BCUT2D eigenvalue weighted by molar-refractivity contribution is 5.76. The number of aryl methyl sites for hydroxylation is 1. The van der Waals surface area contributed by atoms with Gasteiger partial charge >= 0.3 is 6.03 Å². The summed E-state index contributed by atoms with van der Waals surface area (Å²) in [6.07, 6.45) is 7.75. The average molecular weight is 377 g/mol. The van der Waals surface area contributed by atoms with Crippen LogP contribution in [0, 0.1) is 11.3 Å². The summed E-state index contributed by atoms with van der Waals surface area (Å²) in [5.74, 6) is 0.724. The Morgan fingerprint density at radius 1 is 1.26 bits per heavy atom. The van der Waals surface area contributed by atoms with Crippen molar-refractivity contribution in [1.29, 1.82) is 0 Å². The molecule has 5 heteroatoms. The van der Waals surface area contributed by atoms with Crippen LogP contribution in [0.1, 0.15) is 33.6 Å². The summed E-state index contributed by atoms with van der Waals surface area (Å²) in [7, 11) is 1.93. The predicted octanol–water partition coefficient (Wildman–Crippen LogP) is -0.957. The Morgan fingerprint density at radius 2 is 1.84 bits per heavy atom. The van der Waals surface area contributed by atoms with E-state index in [4.69, 9.17) is 0 Å². The monoisotopic (exact) mass is 377 g/mol. The van der Waals surface area contributed by atoms with E-state index in [2.05, 4.69) is 20.8 Å². The fraction of sp³-hybridized carbons (Fsp3) is 0.714. The summed E-state index contributed by atoms with van der Waals surface area (Å²) < 4.78 is 3.55. The molecular formula is C14H24IN3O. The van der Waals surface area contributed by atoms with Crippen LogP contribution in [0.15, 0.2) is 18.7 Å². The lowest BCUT2D eigenvalue weighted by molar-refractivity contribution is -0.670. The van der Waals surface area contributed by atoms with Gasteiger partial charge in [-0.3, -0.25) is 0 Å². The van der Waals surface area contributed by atoms with E-state index in [0.29, 0.717) is 5.41 Å². The molecule has 1 saturated heterocycles. The summed E-state index contributed by atoms with van der Waals surface area (Å²) in [6.45, 7) is 8.63. The molecule has 1 amide bonds. The van der Waals surface area contributed by atoms with Crippen LogP contribution in [-0.4, -0.2) is 28.6 Å². The molecule has 0 aromatic carbocycles. The van der Waals surface area contributed by atoms with Crippen LogP contribution in [0.5, 0.6) is 0 Å². The van der Waals surface area contributed by atoms with Gasteiger partial charge in [0.05, 0.1) is 7.05 Å². The first-order chi connectivity index (χ1) is 8.38. The van der Waals surface area contributed by atoms with E-state index in [-0.39, 0.29) is 30.0 Å². The van der Waals surface area contributed by atoms with Gasteiger partial charge in [0.2, 0.25) is 0 Å². The first kappa shape index (κ1) is 16.5. The van der Waals surface area contributed by atoms with Gasteiger partial charge in [-0.15, -0.1) is 0 Å². The molecule has 1 aliphatic rings. The predicted molar refractivity (Wildman–Crippen MR) is 70.2 cm³/mol. The minimum atomic E-state index is 0. The number of hydrogen-bond acceptors (Lipinski definition) is 1. The number of carbonyl (C=O) groups excluding carboxylic acids is 1. The molecule has 1 aromatic heterocycles. The highest BCUT2D eigenvalue weighted by Crippen LogP contribution is 2.34. The van der Waals surface area contributed by atoms with Gasteiger partial charge in [-0.25, -0.2) is 9.36 Å². The molecule has 0 atom stereocenters. The fourth-order valence-electron chi connectivity index (χ4n) is 2.66. The molecule has 0 N–H and O–H groups in total. The second kappa shape index (κ2) is 6.24. The Labute approximate surface area is 132 Å². The third kappa shape index (κ3) is 3.94. The van der Waals surface area contributed by atoms with Crippen molar-refractivity contribution in [3.05, 3.63) is 18.7 Å². The highest BCUT2D eigenvalue weighted by atomic mass is 127. The van der Waals surface area contributed by atoms with Crippen molar-refractivity contribution in [2.45, 2.75) is 33.6 Å². The van der Waals surface area contributed by atoms with E-state index >= 15 is 0 Å². The molecule has 0 saturated carbocycles. The second-order valence-corrected chi connectivity index (χ2v) is 6.40. The summed E-state index contributed by atoms with van der Waals surface area (Å²) in [5, 5.41) is 0. The summed E-state index contributed by atoms with van der Waals surface area (Å²) in [6, 6.07) is 0.1000. The Balaban J connectivity index is 0.00000180. The third-order valence-electron chi connectivity index (χ3n) is 3.98. The molecule has 2 rings (SSSR count). The van der Waals surface area contributed by atoms with Crippen molar-refractivity contribution in [2.75, 3.05) is 13.1 Å². The second-order valence-electron chi connectivity index (χ2n) is 6.40. The van der Waals surface area contributed by atoms with Gasteiger partial charge in [0, 0.05) is 13.1 Å². The van der Waals surface area contributed by atoms with Gasteiger partial charge in [-0.2, -0.15) is 4.57 Å². The average Bonchev–Trinajstić information content (AvgIpc) is 2.74. The molecule has 0 unspecified atom stereocenters. The maximum absolute atomic E-state index is 12.2. The molecule has 0 spiro atoms. The van der Waals surface area contributed by atoms with E-state index in [1.54, 1.807) is 4.57 Å². The third-order valence-corrected chi connectivity index (χ3v) is 3.98. The number of piperidine rings is 1. The first-order valence-corrected chi connectivity index (χ1v) is 6.70. The molecule has 108 valence electrons. The standard InChI is InChI=1S/C14H24N3O.HI/c1-14(2,3)12-5-7-16(8-6-12)13(18)17-10-9-15(4)11-17;/h9-12H,5-8H2,1-4H3;1H/q+1;/p-1. The molecule has 0 bridgehead atoms. The SMILES string of the molecule is C[n+]1ccn(C(=O)N2CCC(C(C)(C)C)CC2)c1.[I-]. The van der Waals surface area contributed by atoms with Crippen molar-refractivity contribution >= 4 is 6.03 Å². The Bertz CT molecular complexity index is 428. The van der Waals surface area contributed by atoms with Crippen molar-refractivity contribution in [1.82, 2.24) is 9.47 Å². The van der Waals surface area contributed by atoms with Crippen LogP contribution in [-0.2, 0) is 7.05 Å². The lowest BCUT2D eigenvalue weighted by Crippen LogP contribution is -3.00. The van der Waals surface area contributed by atoms with Crippen molar-refractivity contribution < 1.29 is 33.3 Å². The van der Waals surface area contributed by atoms with Crippen LogP contribution in [0.25, 0.3) is 0 Å². The topological polar surface area (TPSA) is 29.1 Å². The minimum Gasteiger partial charge on any atom is -1.00 e. The van der Waals surface area contributed by atoms with Gasteiger partial charge in [0.25, 0.3) is 6.33 Å². The zero-order chi connectivity index (χ0) is 13.3. The first-order valence-electron chi connectivity index (χ1n) is 6.70. The maximum Gasteiger partial charge on any atom is 0.415 e. The zero-order valence-electron chi connectivity index (χ0n) is 12.3. The summed E-state index contributed by atoms with van der Waals surface area (Å²) >= 11 is 0. The highest BCUT2D eigenvalue weighted by Gasteiger charge is 2.32. The smallest absolute Gasteiger partial charge is 0.415 e. The molecule has 19 heavy (non-hydrogen) atoms. The number of aromatic nitrogens is 2. The van der Waals surface area contributed by atoms with E-state index in [1.807, 2.05) is 35.2 Å². The van der Waals surface area contributed by atoms with Crippen LogP contribution < -0.4 is 28.5 Å². The molecular weight excluding hydrogens is 353 g/mol. The number of nitrogens with zero attached hydrogens (tertiary/aromatic N) is 3. The van der Waals surface area contributed by atoms with Crippen molar-refractivity contribution in [3.8, 4) is 0 Å². The van der Waals surface area contributed by atoms with Crippen LogP contribution >= 0.6 is 0 Å². The zero-order valence-corrected chi connectivity index (χ0v) is 14.4. The Morgan fingerprint density at radius 3 is 2.26 bits per heavy atom. The van der Waals surface area contributed by atoms with Gasteiger partial charge in [0.1, 0.15) is 12.4 Å². The number of carbonyl (C=O) groups is 1. The number of rotatable bonds is 0. The normalized spacial score (nSPS) is 17.2. The largest absolute Gasteiger partial charge is 1.00 e. The quantitative estimate of drug-likeness (QED) is 0.423. The minimum absolute atomic E-state index is 0. The molecule has 1 aliphatic heterocycles. The molecule has 2 heterocycles. The summed E-state index contributed by atoms with van der Waals surface area (Å²) in [4.78, 5) is 14.2. The molecule has 1 fully saturated rings. The lowest BCUT2D eigenvalue weighted by atomic mass is 9.75. The van der Waals surface area contributed by atoms with Gasteiger partial charge in [0.15, 0.2) is 0 Å². The number of halogens is 1. The maximum atomic E-state index is 12.2. The van der Waals surface area contributed by atoms with Gasteiger partial charge in [-0.05, 0) is 24.2 Å². The molecule has 0 radical (unpaired) electrons. The van der Waals surface area contributed by atoms with E-state index in [1.165, 1.54) is 0 Å². The Kier molecular flexibility index (Phi) is 5.41. The van der Waals surface area contributed by atoms with Crippen molar-refractivity contribution in [3.63, 3.8) is 0 Å². The van der Waals surface area contributed by atoms with Crippen LogP contribution in [0.2, 0.25) is 0 Å². The molecule has 4 nitrogen and oxygen atoms in total. The Hall–Kier alpha value is -0.590. The lowest BCUT2D eigenvalue weighted by Gasteiger charge is -2.37. The van der Waals surface area contributed by atoms with Crippen LogP contribution in [0.3, 0.4) is 0 Å². The number of likely N-dealkylation sites (tertiary alicyclic amines) is 1. The number of amides is 1. The molecule has 0 aliphatic carbocycles. The molecule has 1 aromatic rings. The van der Waals surface area contributed by atoms with Crippen molar-refractivity contribution in [2.24, 2.45) is 18.4 Å². The number of hydrogen-bond donors (Lipinski definition) is 0. The van der Waals surface area contributed by atoms with Crippen LogP contribution in [0.4, 0.5) is 4.79 Å². The fourth-order valence-corrected chi connectivity index (χ4v) is 2.66.